The van der Waals surface area contributed by atoms with Gasteiger partial charge in [0, 0.05) is 17.9 Å². The fraction of sp³-hybridized carbons (Fsp3) is 0.158. The van der Waals surface area contributed by atoms with E-state index in [4.69, 9.17) is 0 Å². The van der Waals surface area contributed by atoms with E-state index in [2.05, 4.69) is 26.3 Å². The molecule has 0 fully saturated rings. The van der Waals surface area contributed by atoms with Crippen molar-refractivity contribution in [3.63, 3.8) is 0 Å². The highest BCUT2D eigenvalue weighted by Gasteiger charge is 2.30. The Hall–Kier alpha value is -2.47. The molecule has 6 heteroatoms. The summed E-state index contributed by atoms with van der Waals surface area (Å²) >= 11 is 3.22. The fourth-order valence-electron chi connectivity index (χ4n) is 3.13. The van der Waals surface area contributed by atoms with Crippen LogP contribution in [-0.4, -0.2) is 15.7 Å². The molecule has 0 saturated heterocycles. The Bertz CT molecular complexity index is 965. The summed E-state index contributed by atoms with van der Waals surface area (Å²) in [7, 11) is 0. The number of hydrogen-bond acceptors (Lipinski definition) is 2. The van der Waals surface area contributed by atoms with E-state index >= 15 is 0 Å². The third kappa shape index (κ3) is 2.87. The second-order valence-corrected chi connectivity index (χ2v) is 7.03. The van der Waals surface area contributed by atoms with E-state index < -0.39 is 0 Å². The Kier molecular flexibility index (Phi) is 3.92. The average Bonchev–Trinajstić information content (AvgIpc) is 3.01. The molecule has 1 atom stereocenters. The number of carbonyl (C=O) groups is 1. The monoisotopic (exact) mass is 399 g/mol. The standard InChI is InChI=1S/C19H15BrFN3O/c1-11-2-5-13(6-3-11)24-19-15(10-22-24)14(9-18(25)23-19)12-4-7-17(21)16(20)8-12/h2-8,10,14H,9H2,1H3,(H,23,25)/t14-/m1/s1. The van der Waals surface area contributed by atoms with Crippen molar-refractivity contribution < 1.29 is 9.18 Å². The first-order chi connectivity index (χ1) is 12.0. The molecule has 0 bridgehead atoms. The smallest absolute Gasteiger partial charge is 0.226 e. The molecule has 0 radical (unpaired) electrons. The van der Waals surface area contributed by atoms with Gasteiger partial charge >= 0.3 is 0 Å². The van der Waals surface area contributed by atoms with Crippen LogP contribution < -0.4 is 5.32 Å². The maximum Gasteiger partial charge on any atom is 0.226 e. The summed E-state index contributed by atoms with van der Waals surface area (Å²) in [6, 6.07) is 12.8. The fourth-order valence-corrected chi connectivity index (χ4v) is 3.52. The predicted molar refractivity (Wildman–Crippen MR) is 97.5 cm³/mol. The van der Waals surface area contributed by atoms with Crippen LogP contribution in [0.4, 0.5) is 10.2 Å². The molecule has 0 saturated carbocycles. The first-order valence-corrected chi connectivity index (χ1v) is 8.72. The van der Waals surface area contributed by atoms with Gasteiger partial charge in [0.15, 0.2) is 0 Å². The summed E-state index contributed by atoms with van der Waals surface area (Å²) < 4.78 is 15.7. The molecule has 1 aliphatic heterocycles. The molecule has 0 aliphatic carbocycles. The van der Waals surface area contributed by atoms with E-state index in [1.54, 1.807) is 23.0 Å². The first-order valence-electron chi connectivity index (χ1n) is 7.92. The largest absolute Gasteiger partial charge is 0.310 e. The number of halogens is 2. The van der Waals surface area contributed by atoms with Crippen LogP contribution in [0.15, 0.2) is 53.1 Å². The molecule has 25 heavy (non-hydrogen) atoms. The second-order valence-electron chi connectivity index (χ2n) is 6.17. The highest BCUT2D eigenvalue weighted by Crippen LogP contribution is 2.38. The Morgan fingerprint density at radius 3 is 2.72 bits per heavy atom. The maximum absolute atomic E-state index is 13.6. The summed E-state index contributed by atoms with van der Waals surface area (Å²) in [6.07, 6.45) is 2.08. The van der Waals surface area contributed by atoms with Crippen LogP contribution in [0.3, 0.4) is 0 Å². The van der Waals surface area contributed by atoms with Gasteiger partial charge in [-0.25, -0.2) is 9.07 Å². The van der Waals surface area contributed by atoms with Gasteiger partial charge in [-0.1, -0.05) is 23.8 Å². The number of rotatable bonds is 2. The number of fused-ring (bicyclic) bond motifs is 1. The summed E-state index contributed by atoms with van der Waals surface area (Å²) in [4.78, 5) is 12.3. The molecular formula is C19H15BrFN3O. The van der Waals surface area contributed by atoms with Crippen LogP contribution in [0.25, 0.3) is 5.69 Å². The van der Waals surface area contributed by atoms with Gasteiger partial charge in [-0.3, -0.25) is 4.79 Å². The van der Waals surface area contributed by atoms with Crippen molar-refractivity contribution in [1.29, 1.82) is 0 Å². The number of aryl methyl sites for hydroxylation is 1. The van der Waals surface area contributed by atoms with Crippen LogP contribution in [0.5, 0.6) is 0 Å². The molecule has 1 N–H and O–H groups in total. The number of nitrogens with one attached hydrogen (secondary N) is 1. The number of nitrogens with zero attached hydrogens (tertiary/aromatic N) is 2. The number of anilines is 1. The minimum Gasteiger partial charge on any atom is -0.310 e. The average molecular weight is 400 g/mol. The van der Waals surface area contributed by atoms with Crippen molar-refractivity contribution in [3.05, 3.63) is 75.6 Å². The summed E-state index contributed by atoms with van der Waals surface area (Å²) in [5.74, 6) is 0.122. The molecule has 126 valence electrons. The SMILES string of the molecule is Cc1ccc(-n2ncc3c2NC(=O)C[C@@H]3c2ccc(F)c(Br)c2)cc1. The second kappa shape index (κ2) is 6.11. The lowest BCUT2D eigenvalue weighted by molar-refractivity contribution is -0.116. The van der Waals surface area contributed by atoms with Crippen molar-refractivity contribution in [2.75, 3.05) is 5.32 Å². The van der Waals surface area contributed by atoms with Crippen LogP contribution in [0, 0.1) is 12.7 Å². The van der Waals surface area contributed by atoms with Crippen molar-refractivity contribution in [2.45, 2.75) is 19.3 Å². The zero-order valence-corrected chi connectivity index (χ0v) is 15.0. The van der Waals surface area contributed by atoms with Crippen molar-refractivity contribution >= 4 is 27.7 Å². The molecule has 0 spiro atoms. The summed E-state index contributed by atoms with van der Waals surface area (Å²) in [5, 5.41) is 7.39. The quantitative estimate of drug-likeness (QED) is 0.686. The molecule has 2 heterocycles. The van der Waals surface area contributed by atoms with E-state index in [9.17, 15) is 9.18 Å². The van der Waals surface area contributed by atoms with Crippen LogP contribution in [0.2, 0.25) is 0 Å². The highest BCUT2D eigenvalue weighted by atomic mass is 79.9. The molecular weight excluding hydrogens is 385 g/mol. The van der Waals surface area contributed by atoms with Gasteiger partial charge in [0.2, 0.25) is 5.91 Å². The molecule has 4 rings (SSSR count). The van der Waals surface area contributed by atoms with E-state index in [0.717, 1.165) is 22.4 Å². The molecule has 1 amide bonds. The number of benzene rings is 2. The zero-order valence-electron chi connectivity index (χ0n) is 13.5. The van der Waals surface area contributed by atoms with Gasteiger partial charge in [-0.05, 0) is 52.7 Å². The normalized spacial score (nSPS) is 16.4. The molecule has 1 aliphatic rings. The Balaban J connectivity index is 1.81. The third-order valence-corrected chi connectivity index (χ3v) is 5.05. The Morgan fingerprint density at radius 1 is 1.24 bits per heavy atom. The van der Waals surface area contributed by atoms with E-state index in [-0.39, 0.29) is 17.6 Å². The number of carbonyl (C=O) groups excluding carboxylic acids is 1. The molecule has 0 unspecified atom stereocenters. The third-order valence-electron chi connectivity index (χ3n) is 4.44. The van der Waals surface area contributed by atoms with E-state index in [1.165, 1.54) is 6.07 Å². The minimum atomic E-state index is -0.320. The lowest BCUT2D eigenvalue weighted by Gasteiger charge is -2.24. The number of aromatic nitrogens is 2. The van der Waals surface area contributed by atoms with Crippen molar-refractivity contribution in [3.8, 4) is 5.69 Å². The van der Waals surface area contributed by atoms with Crippen molar-refractivity contribution in [2.24, 2.45) is 0 Å². The zero-order chi connectivity index (χ0) is 17.6. The Morgan fingerprint density at radius 2 is 2.00 bits per heavy atom. The summed E-state index contributed by atoms with van der Waals surface area (Å²) in [6.45, 7) is 2.02. The van der Waals surface area contributed by atoms with Gasteiger partial charge < -0.3 is 5.32 Å². The van der Waals surface area contributed by atoms with Crippen LogP contribution in [0.1, 0.15) is 29.0 Å². The van der Waals surface area contributed by atoms with Gasteiger partial charge in [0.05, 0.1) is 16.4 Å². The van der Waals surface area contributed by atoms with Gasteiger partial charge in [-0.15, -0.1) is 0 Å². The van der Waals surface area contributed by atoms with E-state index in [0.29, 0.717) is 16.7 Å². The molecule has 1 aromatic heterocycles. The lowest BCUT2D eigenvalue weighted by Crippen LogP contribution is -2.24. The van der Waals surface area contributed by atoms with Gasteiger partial charge in [-0.2, -0.15) is 5.10 Å². The number of hydrogen-bond donors (Lipinski definition) is 1. The minimum absolute atomic E-state index is 0.0770. The molecule has 3 aromatic rings. The molecule has 4 nitrogen and oxygen atoms in total. The van der Waals surface area contributed by atoms with Crippen LogP contribution in [-0.2, 0) is 4.79 Å². The van der Waals surface area contributed by atoms with Gasteiger partial charge in [0.25, 0.3) is 0 Å². The lowest BCUT2D eigenvalue weighted by atomic mass is 9.87. The van der Waals surface area contributed by atoms with Gasteiger partial charge in [0.1, 0.15) is 11.6 Å². The first kappa shape index (κ1) is 16.0. The van der Waals surface area contributed by atoms with Crippen LogP contribution >= 0.6 is 15.9 Å². The highest BCUT2D eigenvalue weighted by molar-refractivity contribution is 9.10. The predicted octanol–water partition coefficient (Wildman–Crippen LogP) is 4.56. The van der Waals surface area contributed by atoms with Crippen molar-refractivity contribution in [1.82, 2.24) is 9.78 Å². The maximum atomic E-state index is 13.6. The molecule has 2 aromatic carbocycles. The Labute approximate surface area is 152 Å². The van der Waals surface area contributed by atoms with E-state index in [1.807, 2.05) is 31.2 Å². The summed E-state index contributed by atoms with van der Waals surface area (Å²) in [5.41, 5.74) is 3.85. The topological polar surface area (TPSA) is 46.9 Å². The number of amides is 1.